The molecule has 2 N–H and O–H groups in total. The number of ether oxygens (including phenoxy) is 1. The molecule has 1 saturated carbocycles. The van der Waals surface area contributed by atoms with Gasteiger partial charge in [0.15, 0.2) is 5.75 Å². The van der Waals surface area contributed by atoms with Gasteiger partial charge in [0.25, 0.3) is 15.9 Å². The molecule has 214 valence electrons. The quantitative estimate of drug-likeness (QED) is 0.472. The SMILES string of the molecule is C[C@@H]1CN([C@@H](C)CO)C(=O)c2cccc(NS(=O)(=O)c3ccc(F)cc3)c2O[C@@H]1CN(C)CC1CCCCC1. The molecule has 10 heteroatoms. The van der Waals surface area contributed by atoms with Crippen molar-refractivity contribution in [2.45, 2.75) is 63.0 Å². The Morgan fingerprint density at radius 3 is 2.49 bits per heavy atom. The van der Waals surface area contributed by atoms with E-state index >= 15 is 0 Å². The van der Waals surface area contributed by atoms with Gasteiger partial charge in [0, 0.05) is 25.6 Å². The zero-order chi connectivity index (χ0) is 28.2. The molecule has 8 nitrogen and oxygen atoms in total. The molecule has 0 spiro atoms. The zero-order valence-corrected chi connectivity index (χ0v) is 23.8. The third kappa shape index (κ3) is 7.10. The van der Waals surface area contributed by atoms with Crippen LogP contribution in [0.15, 0.2) is 47.4 Å². The molecule has 0 unspecified atom stereocenters. The Labute approximate surface area is 231 Å². The van der Waals surface area contributed by atoms with Crippen molar-refractivity contribution in [3.05, 3.63) is 53.8 Å². The molecular formula is C29H40FN3O5S. The average molecular weight is 562 g/mol. The number of amides is 1. The lowest BCUT2D eigenvalue weighted by Crippen LogP contribution is -2.50. The minimum absolute atomic E-state index is 0.0910. The lowest BCUT2D eigenvalue weighted by molar-refractivity contribution is 0.0333. The van der Waals surface area contributed by atoms with Crippen molar-refractivity contribution in [3.8, 4) is 5.75 Å². The first-order chi connectivity index (χ1) is 18.6. The van der Waals surface area contributed by atoms with Gasteiger partial charge in [0.1, 0.15) is 11.9 Å². The van der Waals surface area contributed by atoms with Crippen LogP contribution in [-0.2, 0) is 10.0 Å². The number of aliphatic hydroxyl groups is 1. The van der Waals surface area contributed by atoms with Crippen molar-refractivity contribution in [2.24, 2.45) is 11.8 Å². The molecule has 0 bridgehead atoms. The number of likely N-dealkylation sites (N-methyl/N-ethyl adjacent to an activating group) is 1. The van der Waals surface area contributed by atoms with E-state index in [1.807, 2.05) is 6.92 Å². The molecule has 1 fully saturated rings. The van der Waals surface area contributed by atoms with Gasteiger partial charge in [-0.15, -0.1) is 0 Å². The molecule has 0 radical (unpaired) electrons. The number of anilines is 1. The highest BCUT2D eigenvalue weighted by Crippen LogP contribution is 2.36. The molecular weight excluding hydrogens is 521 g/mol. The first-order valence-corrected chi connectivity index (χ1v) is 15.3. The van der Waals surface area contributed by atoms with Gasteiger partial charge in [-0.3, -0.25) is 9.52 Å². The Bertz CT molecular complexity index is 1230. The van der Waals surface area contributed by atoms with Crippen molar-refractivity contribution in [1.29, 1.82) is 0 Å². The molecule has 0 saturated heterocycles. The summed E-state index contributed by atoms with van der Waals surface area (Å²) < 4.78 is 48.9. The summed E-state index contributed by atoms with van der Waals surface area (Å²) >= 11 is 0. The Morgan fingerprint density at radius 1 is 1.13 bits per heavy atom. The van der Waals surface area contributed by atoms with E-state index in [-0.39, 0.29) is 46.4 Å². The maximum Gasteiger partial charge on any atom is 0.262 e. The number of halogens is 1. The molecule has 4 rings (SSSR count). The minimum atomic E-state index is -4.08. The summed E-state index contributed by atoms with van der Waals surface area (Å²) in [7, 11) is -2.01. The number of aliphatic hydroxyl groups excluding tert-OH is 1. The highest BCUT2D eigenvalue weighted by molar-refractivity contribution is 7.92. The summed E-state index contributed by atoms with van der Waals surface area (Å²) in [6.07, 6.45) is 5.92. The van der Waals surface area contributed by atoms with Crippen molar-refractivity contribution in [2.75, 3.05) is 38.0 Å². The molecule has 1 aliphatic carbocycles. The van der Waals surface area contributed by atoms with Crippen LogP contribution in [0.3, 0.4) is 0 Å². The normalized spacial score (nSPS) is 21.6. The van der Waals surface area contributed by atoms with Gasteiger partial charge < -0.3 is 19.6 Å². The molecule has 2 aromatic carbocycles. The van der Waals surface area contributed by atoms with Gasteiger partial charge in [-0.25, -0.2) is 12.8 Å². The van der Waals surface area contributed by atoms with E-state index in [0.29, 0.717) is 19.0 Å². The number of sulfonamides is 1. The fourth-order valence-electron chi connectivity index (χ4n) is 5.55. The van der Waals surface area contributed by atoms with Crippen molar-refractivity contribution >= 4 is 21.6 Å². The number of nitrogens with one attached hydrogen (secondary N) is 1. The topological polar surface area (TPSA) is 99.2 Å². The maximum absolute atomic E-state index is 13.7. The van der Waals surface area contributed by atoms with Crippen LogP contribution < -0.4 is 9.46 Å². The second-order valence-corrected chi connectivity index (χ2v) is 12.8. The van der Waals surface area contributed by atoms with Crippen LogP contribution in [0.1, 0.15) is 56.3 Å². The number of hydrogen-bond donors (Lipinski definition) is 2. The number of carbonyl (C=O) groups is 1. The van der Waals surface area contributed by atoms with E-state index in [9.17, 15) is 22.7 Å². The molecule has 39 heavy (non-hydrogen) atoms. The van der Waals surface area contributed by atoms with Crippen molar-refractivity contribution < 1.29 is 27.4 Å². The van der Waals surface area contributed by atoms with E-state index in [2.05, 4.69) is 16.7 Å². The largest absolute Gasteiger partial charge is 0.486 e. The fraction of sp³-hybridized carbons (Fsp3) is 0.552. The van der Waals surface area contributed by atoms with E-state index in [1.54, 1.807) is 30.0 Å². The lowest BCUT2D eigenvalue weighted by Gasteiger charge is -2.39. The second-order valence-electron chi connectivity index (χ2n) is 11.1. The van der Waals surface area contributed by atoms with Crippen molar-refractivity contribution in [1.82, 2.24) is 9.80 Å². The number of rotatable bonds is 9. The molecule has 2 aromatic rings. The van der Waals surface area contributed by atoms with Gasteiger partial charge in [0.05, 0.1) is 28.8 Å². The van der Waals surface area contributed by atoms with E-state index in [4.69, 9.17) is 4.74 Å². The second kappa shape index (κ2) is 12.7. The Morgan fingerprint density at radius 2 is 1.82 bits per heavy atom. The average Bonchev–Trinajstić information content (AvgIpc) is 2.91. The summed E-state index contributed by atoms with van der Waals surface area (Å²) in [6.45, 7) is 5.56. The minimum Gasteiger partial charge on any atom is -0.486 e. The van der Waals surface area contributed by atoms with Crippen LogP contribution in [0.25, 0.3) is 0 Å². The third-order valence-electron chi connectivity index (χ3n) is 7.85. The zero-order valence-electron chi connectivity index (χ0n) is 23.0. The molecule has 1 aliphatic heterocycles. The molecule has 0 aromatic heterocycles. The first kappa shape index (κ1) is 29.3. The maximum atomic E-state index is 13.7. The first-order valence-electron chi connectivity index (χ1n) is 13.8. The molecule has 2 aliphatic rings. The summed E-state index contributed by atoms with van der Waals surface area (Å²) in [4.78, 5) is 17.5. The predicted octanol–water partition coefficient (Wildman–Crippen LogP) is 4.36. The Kier molecular flexibility index (Phi) is 9.51. The molecule has 1 amide bonds. The number of hydrogen-bond acceptors (Lipinski definition) is 6. The summed E-state index contributed by atoms with van der Waals surface area (Å²) in [6, 6.07) is 8.88. The lowest BCUT2D eigenvalue weighted by atomic mass is 9.89. The van der Waals surface area contributed by atoms with Crippen LogP contribution in [0.4, 0.5) is 10.1 Å². The van der Waals surface area contributed by atoms with Crippen LogP contribution in [0, 0.1) is 17.7 Å². The number of fused-ring (bicyclic) bond motifs is 1. The molecule has 3 atom stereocenters. The van der Waals surface area contributed by atoms with Crippen molar-refractivity contribution in [3.63, 3.8) is 0 Å². The van der Waals surface area contributed by atoms with Gasteiger partial charge in [-0.2, -0.15) is 0 Å². The smallest absolute Gasteiger partial charge is 0.262 e. The van der Waals surface area contributed by atoms with Gasteiger partial charge in [-0.05, 0) is 69.1 Å². The van der Waals surface area contributed by atoms with Gasteiger partial charge in [0.2, 0.25) is 0 Å². The fourth-order valence-corrected chi connectivity index (χ4v) is 6.61. The van der Waals surface area contributed by atoms with Gasteiger partial charge in [-0.1, -0.05) is 32.3 Å². The number of benzene rings is 2. The van der Waals surface area contributed by atoms with Crippen LogP contribution in [0.2, 0.25) is 0 Å². The van der Waals surface area contributed by atoms with Crippen LogP contribution >= 0.6 is 0 Å². The summed E-state index contributed by atoms with van der Waals surface area (Å²) in [5.74, 6) is -0.168. The number of carbonyl (C=O) groups excluding carboxylic acids is 1. The van der Waals surface area contributed by atoms with E-state index < -0.39 is 21.9 Å². The Hall–Kier alpha value is -2.69. The monoisotopic (exact) mass is 561 g/mol. The summed E-state index contributed by atoms with van der Waals surface area (Å²) in [5.41, 5.74) is 0.359. The van der Waals surface area contributed by atoms with E-state index in [0.717, 1.165) is 18.7 Å². The van der Waals surface area contributed by atoms with Crippen LogP contribution in [-0.4, -0.2) is 74.7 Å². The van der Waals surface area contributed by atoms with E-state index in [1.165, 1.54) is 44.2 Å². The summed E-state index contributed by atoms with van der Waals surface area (Å²) in [5, 5.41) is 9.90. The number of para-hydroxylation sites is 1. The van der Waals surface area contributed by atoms with Gasteiger partial charge >= 0.3 is 0 Å². The highest BCUT2D eigenvalue weighted by Gasteiger charge is 2.35. The molecule has 1 heterocycles. The highest BCUT2D eigenvalue weighted by atomic mass is 32.2. The standard InChI is InChI=1S/C29H40FN3O5S/c1-20-16-33(21(2)19-34)29(35)25-10-7-11-26(31-39(36,37)24-14-12-23(30)13-15-24)28(25)38-27(20)18-32(3)17-22-8-5-4-6-9-22/h7,10-15,20-22,27,31,34H,4-6,8-9,16-19H2,1-3H3/t20-,21+,27-/m1/s1. The third-order valence-corrected chi connectivity index (χ3v) is 9.23. The predicted molar refractivity (Wildman–Crippen MR) is 149 cm³/mol. The Balaban J connectivity index is 1.68. The number of nitrogens with zero attached hydrogens (tertiary/aromatic N) is 2. The van der Waals surface area contributed by atoms with Crippen LogP contribution in [0.5, 0.6) is 5.75 Å².